The monoisotopic (exact) mass is 423 g/mol. The van der Waals surface area contributed by atoms with E-state index in [0.717, 1.165) is 30.5 Å². The first-order valence-electron chi connectivity index (χ1n) is 10.4. The van der Waals surface area contributed by atoms with E-state index in [1.165, 1.54) is 11.1 Å². The molecule has 3 aromatic rings. The van der Waals surface area contributed by atoms with Crippen LogP contribution in [0.5, 0.6) is 11.5 Å². The molecule has 0 aliphatic carbocycles. The van der Waals surface area contributed by atoms with Crippen molar-refractivity contribution < 1.29 is 9.47 Å². The van der Waals surface area contributed by atoms with E-state index in [0.29, 0.717) is 29.2 Å². The summed E-state index contributed by atoms with van der Waals surface area (Å²) in [5.41, 5.74) is 4.75. The second-order valence-corrected chi connectivity index (χ2v) is 8.10. The number of benzene rings is 3. The van der Waals surface area contributed by atoms with Crippen molar-refractivity contribution in [1.82, 2.24) is 5.32 Å². The van der Waals surface area contributed by atoms with Crippen LogP contribution in [0.15, 0.2) is 66.7 Å². The minimum absolute atomic E-state index is 0.396. The lowest BCUT2D eigenvalue weighted by atomic mass is 10.1. The van der Waals surface area contributed by atoms with E-state index in [9.17, 15) is 0 Å². The van der Waals surface area contributed by atoms with Gasteiger partial charge in [-0.1, -0.05) is 71.8 Å². The molecule has 0 radical (unpaired) electrons. The lowest BCUT2D eigenvalue weighted by molar-refractivity contribution is 0.284. The maximum Gasteiger partial charge on any atom is 0.180 e. The molecule has 0 aromatic heterocycles. The fraction of sp³-hybridized carbons (Fsp3) is 0.308. The quantitative estimate of drug-likeness (QED) is 0.412. The Labute approximate surface area is 185 Å². The summed E-state index contributed by atoms with van der Waals surface area (Å²) in [6.07, 6.45) is 2.14. The van der Waals surface area contributed by atoms with Crippen LogP contribution in [-0.4, -0.2) is 13.2 Å². The molecular weight excluding hydrogens is 394 g/mol. The highest BCUT2D eigenvalue weighted by atomic mass is 35.5. The van der Waals surface area contributed by atoms with E-state index < -0.39 is 0 Å². The van der Waals surface area contributed by atoms with Crippen molar-refractivity contribution in [2.24, 2.45) is 0 Å². The van der Waals surface area contributed by atoms with Crippen molar-refractivity contribution >= 4 is 11.6 Å². The van der Waals surface area contributed by atoms with Crippen molar-refractivity contribution in [2.75, 3.05) is 7.11 Å². The molecule has 0 fully saturated rings. The van der Waals surface area contributed by atoms with Crippen LogP contribution in [0.1, 0.15) is 35.6 Å². The molecule has 3 rings (SSSR count). The predicted molar refractivity (Wildman–Crippen MR) is 125 cm³/mol. The van der Waals surface area contributed by atoms with E-state index >= 15 is 0 Å². The molecular formula is C26H30ClNO2. The molecule has 3 aromatic carbocycles. The fourth-order valence-electron chi connectivity index (χ4n) is 3.39. The molecule has 0 unspecified atom stereocenters. The topological polar surface area (TPSA) is 30.5 Å². The molecule has 0 saturated heterocycles. The number of aryl methyl sites for hydroxylation is 2. The number of hydrogen-bond acceptors (Lipinski definition) is 3. The van der Waals surface area contributed by atoms with Crippen molar-refractivity contribution in [3.63, 3.8) is 0 Å². The van der Waals surface area contributed by atoms with Crippen LogP contribution in [0.2, 0.25) is 5.02 Å². The third kappa shape index (κ3) is 6.51. The van der Waals surface area contributed by atoms with E-state index in [1.54, 1.807) is 7.11 Å². The summed E-state index contributed by atoms with van der Waals surface area (Å²) in [5, 5.41) is 4.14. The second-order valence-electron chi connectivity index (χ2n) is 7.69. The van der Waals surface area contributed by atoms with E-state index in [-0.39, 0.29) is 0 Å². The summed E-state index contributed by atoms with van der Waals surface area (Å²) in [6.45, 7) is 5.46. The van der Waals surface area contributed by atoms with Crippen LogP contribution in [0.25, 0.3) is 0 Å². The number of ether oxygens (including phenoxy) is 2. The molecule has 0 aliphatic rings. The van der Waals surface area contributed by atoms with Crippen LogP contribution < -0.4 is 14.8 Å². The Balaban J connectivity index is 1.57. The minimum atomic E-state index is 0.396. The molecule has 0 bridgehead atoms. The number of methoxy groups -OCH3 is 1. The highest BCUT2D eigenvalue weighted by Gasteiger charge is 2.13. The fourth-order valence-corrected chi connectivity index (χ4v) is 3.68. The first-order valence-corrected chi connectivity index (χ1v) is 10.7. The smallest absolute Gasteiger partial charge is 0.180 e. The molecule has 1 atom stereocenters. The van der Waals surface area contributed by atoms with Gasteiger partial charge in [0.2, 0.25) is 0 Å². The maximum atomic E-state index is 6.53. The Bertz CT molecular complexity index is 943. The lowest BCUT2D eigenvalue weighted by Gasteiger charge is -2.17. The molecule has 0 amide bonds. The van der Waals surface area contributed by atoms with Gasteiger partial charge < -0.3 is 14.8 Å². The van der Waals surface area contributed by atoms with Crippen LogP contribution >= 0.6 is 11.6 Å². The number of nitrogens with one attached hydrogen (secondary N) is 1. The van der Waals surface area contributed by atoms with E-state index in [4.69, 9.17) is 21.1 Å². The van der Waals surface area contributed by atoms with Crippen molar-refractivity contribution in [3.8, 4) is 11.5 Å². The zero-order valence-corrected chi connectivity index (χ0v) is 18.7. The molecule has 3 nitrogen and oxygen atoms in total. The van der Waals surface area contributed by atoms with Gasteiger partial charge in [0.05, 0.1) is 12.1 Å². The summed E-state index contributed by atoms with van der Waals surface area (Å²) < 4.78 is 11.5. The Morgan fingerprint density at radius 3 is 2.43 bits per heavy atom. The molecule has 0 aliphatic heterocycles. The summed E-state index contributed by atoms with van der Waals surface area (Å²) in [7, 11) is 1.64. The Kier molecular flexibility index (Phi) is 8.18. The summed E-state index contributed by atoms with van der Waals surface area (Å²) >= 11 is 6.53. The van der Waals surface area contributed by atoms with E-state index in [1.807, 2.05) is 24.3 Å². The molecule has 158 valence electrons. The molecule has 1 N–H and O–H groups in total. The average Bonchev–Trinajstić information content (AvgIpc) is 2.76. The van der Waals surface area contributed by atoms with Gasteiger partial charge in [-0.05, 0) is 55.5 Å². The summed E-state index contributed by atoms with van der Waals surface area (Å²) in [4.78, 5) is 0. The van der Waals surface area contributed by atoms with Gasteiger partial charge in [-0.3, -0.25) is 0 Å². The first kappa shape index (κ1) is 22.2. The standard InChI is InChI=1S/C26H30ClNO2/c1-19-8-7-11-22(14-19)18-30-26-24(27)15-23(16-25(26)29-3)17-28-20(2)12-13-21-9-5-4-6-10-21/h4-11,14-16,20,28H,12-13,17-18H2,1-3H3/t20-/m1/s1. The van der Waals surface area contributed by atoms with Gasteiger partial charge in [0.1, 0.15) is 6.61 Å². The summed E-state index contributed by atoms with van der Waals surface area (Å²) in [6, 6.07) is 23.2. The van der Waals surface area contributed by atoms with Crippen LogP contribution in [0.3, 0.4) is 0 Å². The zero-order valence-electron chi connectivity index (χ0n) is 18.0. The van der Waals surface area contributed by atoms with Gasteiger partial charge in [0.15, 0.2) is 11.5 Å². The summed E-state index contributed by atoms with van der Waals surface area (Å²) in [5.74, 6) is 1.24. The Morgan fingerprint density at radius 2 is 1.70 bits per heavy atom. The van der Waals surface area contributed by atoms with Gasteiger partial charge in [0, 0.05) is 12.6 Å². The molecule has 0 heterocycles. The first-order chi connectivity index (χ1) is 14.5. The van der Waals surface area contributed by atoms with Crippen molar-refractivity contribution in [2.45, 2.75) is 45.9 Å². The molecule has 0 spiro atoms. The average molecular weight is 424 g/mol. The van der Waals surface area contributed by atoms with Gasteiger partial charge in [-0.2, -0.15) is 0 Å². The van der Waals surface area contributed by atoms with Gasteiger partial charge in [0.25, 0.3) is 0 Å². The molecule has 0 saturated carbocycles. The largest absolute Gasteiger partial charge is 0.493 e. The number of halogens is 1. The van der Waals surface area contributed by atoms with Gasteiger partial charge >= 0.3 is 0 Å². The second kappa shape index (κ2) is 11.1. The van der Waals surface area contributed by atoms with Crippen LogP contribution in [-0.2, 0) is 19.6 Å². The van der Waals surface area contributed by atoms with Gasteiger partial charge in [-0.15, -0.1) is 0 Å². The number of hydrogen-bond donors (Lipinski definition) is 1. The normalized spacial score (nSPS) is 11.9. The number of rotatable bonds is 10. The molecule has 30 heavy (non-hydrogen) atoms. The van der Waals surface area contributed by atoms with Crippen molar-refractivity contribution in [3.05, 3.63) is 94.0 Å². The predicted octanol–water partition coefficient (Wildman–Crippen LogP) is 6.35. The Morgan fingerprint density at radius 1 is 0.933 bits per heavy atom. The highest BCUT2D eigenvalue weighted by Crippen LogP contribution is 2.37. The Hall–Kier alpha value is -2.49. The van der Waals surface area contributed by atoms with Crippen molar-refractivity contribution in [1.29, 1.82) is 0 Å². The third-order valence-electron chi connectivity index (χ3n) is 5.12. The zero-order chi connectivity index (χ0) is 21.3. The van der Waals surface area contributed by atoms with Crippen LogP contribution in [0, 0.1) is 6.92 Å². The van der Waals surface area contributed by atoms with E-state index in [2.05, 4.69) is 61.6 Å². The van der Waals surface area contributed by atoms with Gasteiger partial charge in [-0.25, -0.2) is 0 Å². The SMILES string of the molecule is COc1cc(CN[C@H](C)CCc2ccccc2)cc(Cl)c1OCc1cccc(C)c1. The lowest BCUT2D eigenvalue weighted by Crippen LogP contribution is -2.26. The minimum Gasteiger partial charge on any atom is -0.493 e. The maximum absolute atomic E-state index is 6.53. The highest BCUT2D eigenvalue weighted by molar-refractivity contribution is 6.32. The molecule has 4 heteroatoms. The van der Waals surface area contributed by atoms with Crippen LogP contribution in [0.4, 0.5) is 0 Å². The third-order valence-corrected chi connectivity index (χ3v) is 5.40.